The van der Waals surface area contributed by atoms with E-state index in [9.17, 15) is 18.3 Å². The van der Waals surface area contributed by atoms with Gasteiger partial charge in [-0.05, 0) is 67.9 Å². The van der Waals surface area contributed by atoms with E-state index in [1.54, 1.807) is 30.3 Å². The first-order chi connectivity index (χ1) is 16.4. The summed E-state index contributed by atoms with van der Waals surface area (Å²) in [6.07, 6.45) is 8.74. The van der Waals surface area contributed by atoms with E-state index >= 15 is 0 Å². The molecule has 2 aliphatic rings. The second-order valence-electron chi connectivity index (χ2n) is 9.18. The summed E-state index contributed by atoms with van der Waals surface area (Å²) in [5.41, 5.74) is 1.72. The third kappa shape index (κ3) is 4.59. The van der Waals surface area contributed by atoms with Gasteiger partial charge in [-0.15, -0.1) is 0 Å². The van der Waals surface area contributed by atoms with Gasteiger partial charge in [0.15, 0.2) is 5.03 Å². The quantitative estimate of drug-likeness (QED) is 0.527. The second kappa shape index (κ2) is 9.25. The normalized spacial score (nSPS) is 17.3. The minimum absolute atomic E-state index is 0.0597. The molecular formula is C26H28N2O5S. The van der Waals surface area contributed by atoms with Crippen LogP contribution < -0.4 is 10.3 Å². The van der Waals surface area contributed by atoms with E-state index in [-0.39, 0.29) is 22.6 Å². The van der Waals surface area contributed by atoms with Gasteiger partial charge in [0.2, 0.25) is 0 Å². The van der Waals surface area contributed by atoms with Gasteiger partial charge in [0, 0.05) is 29.8 Å². The Hall–Kier alpha value is -3.13. The van der Waals surface area contributed by atoms with Crippen LogP contribution in [0.4, 0.5) is 5.69 Å². The van der Waals surface area contributed by atoms with Gasteiger partial charge in [0.25, 0.3) is 10.0 Å². The number of anilines is 1. The third-order valence-corrected chi connectivity index (χ3v) is 8.01. The van der Waals surface area contributed by atoms with E-state index < -0.39 is 15.6 Å². The van der Waals surface area contributed by atoms with Gasteiger partial charge in [0.1, 0.15) is 11.5 Å². The lowest BCUT2D eigenvalue weighted by Crippen LogP contribution is -2.19. The molecule has 0 spiro atoms. The van der Waals surface area contributed by atoms with E-state index in [0.29, 0.717) is 29.9 Å². The number of hydrogen-bond acceptors (Lipinski definition) is 6. The summed E-state index contributed by atoms with van der Waals surface area (Å²) >= 11 is 0. The molecule has 5 rings (SSSR count). The fourth-order valence-electron chi connectivity index (χ4n) is 4.91. The highest BCUT2D eigenvalue weighted by Crippen LogP contribution is 2.49. The summed E-state index contributed by atoms with van der Waals surface area (Å²) in [5.74, 6) is 0.510. The van der Waals surface area contributed by atoms with E-state index in [1.165, 1.54) is 12.3 Å². The maximum Gasteiger partial charge on any atom is 0.343 e. The Morgan fingerprint density at radius 1 is 1.03 bits per heavy atom. The van der Waals surface area contributed by atoms with Crippen LogP contribution in [0.2, 0.25) is 0 Å². The molecule has 1 saturated carbocycles. The van der Waals surface area contributed by atoms with Gasteiger partial charge >= 0.3 is 5.63 Å². The highest BCUT2D eigenvalue weighted by atomic mass is 32.2. The fourth-order valence-corrected chi connectivity index (χ4v) is 5.91. The molecule has 0 radical (unpaired) electrons. The first kappa shape index (κ1) is 22.7. The summed E-state index contributed by atoms with van der Waals surface area (Å²) in [7, 11) is -3.85. The van der Waals surface area contributed by atoms with Crippen LogP contribution in [0, 0.1) is 5.92 Å². The molecule has 2 aliphatic carbocycles. The summed E-state index contributed by atoms with van der Waals surface area (Å²) in [4.78, 5) is 17.0. The van der Waals surface area contributed by atoms with Crippen molar-refractivity contribution in [2.24, 2.45) is 5.92 Å². The Bertz CT molecular complexity index is 1350. The smallest absolute Gasteiger partial charge is 0.343 e. The Kier molecular flexibility index (Phi) is 6.16. The summed E-state index contributed by atoms with van der Waals surface area (Å²) < 4.78 is 33.8. The minimum atomic E-state index is -3.85. The fraction of sp³-hybridized carbons (Fsp3) is 0.385. The van der Waals surface area contributed by atoms with Crippen LogP contribution in [0.1, 0.15) is 66.9 Å². The summed E-state index contributed by atoms with van der Waals surface area (Å²) in [6.45, 7) is 0. The molecule has 3 aromatic rings. The number of rotatable bonds is 6. The van der Waals surface area contributed by atoms with Crippen molar-refractivity contribution in [2.75, 3.05) is 4.72 Å². The standard InChI is InChI=1S/C26H28N2O5S/c29-25-20-10-3-1-2-4-11-21(20)33-26(30)24(25)23(17-13-14-17)18-8-7-9-19(16-18)28-34(31,32)22-12-5-6-15-27-22/h5-9,12,15-17,23,28-29H,1-4,10-11,13-14H2. The van der Waals surface area contributed by atoms with Crippen LogP contribution in [0.15, 0.2) is 62.9 Å². The van der Waals surface area contributed by atoms with Gasteiger partial charge in [-0.25, -0.2) is 9.78 Å². The average molecular weight is 481 g/mol. The Labute approximate surface area is 198 Å². The molecule has 0 saturated heterocycles. The maximum absolute atomic E-state index is 13.1. The van der Waals surface area contributed by atoms with Crippen LogP contribution in [-0.2, 0) is 22.9 Å². The lowest BCUT2D eigenvalue weighted by atomic mass is 9.85. The summed E-state index contributed by atoms with van der Waals surface area (Å²) in [5, 5.41) is 11.2. The number of nitrogens with zero attached hydrogens (tertiary/aromatic N) is 1. The van der Waals surface area contributed by atoms with Gasteiger partial charge < -0.3 is 9.52 Å². The number of benzene rings is 1. The van der Waals surface area contributed by atoms with Crippen molar-refractivity contribution >= 4 is 15.7 Å². The Morgan fingerprint density at radius 2 is 1.82 bits per heavy atom. The zero-order valence-electron chi connectivity index (χ0n) is 18.9. The number of pyridine rings is 1. The van der Waals surface area contributed by atoms with E-state index in [0.717, 1.165) is 49.7 Å². The highest BCUT2D eigenvalue weighted by molar-refractivity contribution is 7.92. The molecule has 1 atom stereocenters. The number of sulfonamides is 1. The maximum atomic E-state index is 13.1. The lowest BCUT2D eigenvalue weighted by Gasteiger charge is -2.22. The van der Waals surface area contributed by atoms with Crippen LogP contribution >= 0.6 is 0 Å². The average Bonchev–Trinajstić information content (AvgIpc) is 3.63. The number of hydrogen-bond donors (Lipinski definition) is 2. The lowest BCUT2D eigenvalue weighted by molar-refractivity contribution is 0.382. The first-order valence-electron chi connectivity index (χ1n) is 11.9. The molecule has 2 heterocycles. The Balaban J connectivity index is 1.53. The molecule has 34 heavy (non-hydrogen) atoms. The molecule has 8 heteroatoms. The molecule has 0 amide bonds. The van der Waals surface area contributed by atoms with Crippen molar-refractivity contribution in [1.29, 1.82) is 0 Å². The molecule has 1 fully saturated rings. The van der Waals surface area contributed by atoms with Crippen molar-refractivity contribution < 1.29 is 17.9 Å². The molecule has 1 aromatic carbocycles. The number of aromatic hydroxyl groups is 1. The van der Waals surface area contributed by atoms with E-state index in [2.05, 4.69) is 9.71 Å². The van der Waals surface area contributed by atoms with E-state index in [1.807, 2.05) is 6.07 Å². The molecule has 0 aliphatic heterocycles. The van der Waals surface area contributed by atoms with Gasteiger partial charge in [-0.3, -0.25) is 4.72 Å². The van der Waals surface area contributed by atoms with Gasteiger partial charge in [0.05, 0.1) is 5.56 Å². The topological polar surface area (TPSA) is 109 Å². The van der Waals surface area contributed by atoms with Crippen LogP contribution in [0.3, 0.4) is 0 Å². The number of nitrogens with one attached hydrogen (secondary N) is 1. The first-order valence-corrected chi connectivity index (χ1v) is 13.3. The zero-order valence-corrected chi connectivity index (χ0v) is 19.7. The molecular weight excluding hydrogens is 452 g/mol. The molecule has 0 bridgehead atoms. The van der Waals surface area contributed by atoms with Crippen LogP contribution in [0.5, 0.6) is 5.75 Å². The predicted octanol–water partition coefficient (Wildman–Crippen LogP) is 4.74. The van der Waals surface area contributed by atoms with Crippen LogP contribution in [-0.4, -0.2) is 18.5 Å². The molecule has 2 aromatic heterocycles. The van der Waals surface area contributed by atoms with E-state index in [4.69, 9.17) is 4.42 Å². The predicted molar refractivity (Wildman–Crippen MR) is 129 cm³/mol. The van der Waals surface area contributed by atoms with Crippen molar-refractivity contribution in [3.8, 4) is 5.75 Å². The van der Waals surface area contributed by atoms with Crippen molar-refractivity contribution in [2.45, 2.75) is 62.3 Å². The summed E-state index contributed by atoms with van der Waals surface area (Å²) in [6, 6.07) is 11.7. The minimum Gasteiger partial charge on any atom is -0.507 e. The second-order valence-corrected chi connectivity index (χ2v) is 10.8. The molecule has 178 valence electrons. The highest BCUT2D eigenvalue weighted by Gasteiger charge is 2.38. The van der Waals surface area contributed by atoms with Crippen molar-refractivity contribution in [3.05, 3.63) is 81.5 Å². The van der Waals surface area contributed by atoms with Crippen molar-refractivity contribution in [3.63, 3.8) is 0 Å². The molecule has 1 unspecified atom stereocenters. The SMILES string of the molecule is O=c1oc2c(c(O)c1C(c1cccc(NS(=O)(=O)c3ccccn3)c1)C1CC1)CCCCCC2. The Morgan fingerprint density at radius 3 is 2.56 bits per heavy atom. The molecule has 2 N–H and O–H groups in total. The third-order valence-electron chi connectivity index (χ3n) is 6.71. The van der Waals surface area contributed by atoms with Crippen molar-refractivity contribution in [1.82, 2.24) is 4.98 Å². The van der Waals surface area contributed by atoms with Crippen LogP contribution in [0.25, 0.3) is 0 Å². The van der Waals surface area contributed by atoms with Gasteiger partial charge in [-0.2, -0.15) is 8.42 Å². The van der Waals surface area contributed by atoms with Gasteiger partial charge in [-0.1, -0.05) is 31.0 Å². The monoisotopic (exact) mass is 480 g/mol. The number of aromatic nitrogens is 1. The largest absolute Gasteiger partial charge is 0.507 e. The molecule has 7 nitrogen and oxygen atoms in total. The zero-order chi connectivity index (χ0) is 23.7. The number of aryl methyl sites for hydroxylation is 1. The number of fused-ring (bicyclic) bond motifs is 1.